The molecule has 6 nitrogen and oxygen atoms in total. The Labute approximate surface area is 254 Å². The molecule has 41 heavy (non-hydrogen) atoms. The SMILES string of the molecule is CC1=CCC(C(C)=Cc2csc(C)n2)OC(=O)CC(O[Si](C)(C)C(C)(C)C)C(C)(C)C(=O)C(C)C(O)C(C)CCC1. The molecule has 1 N–H and O–H groups in total. The first-order chi connectivity index (χ1) is 18.8. The molecular formula is C33H55NO5SSi. The molecular weight excluding hydrogens is 551 g/mol. The number of aliphatic hydroxyl groups excluding tert-OH is 1. The van der Waals surface area contributed by atoms with Crippen LogP contribution in [0.25, 0.3) is 6.08 Å². The molecule has 8 heteroatoms. The summed E-state index contributed by atoms with van der Waals surface area (Å²) in [6.45, 7) is 24.3. The van der Waals surface area contributed by atoms with Crippen LogP contribution >= 0.6 is 11.3 Å². The van der Waals surface area contributed by atoms with E-state index in [1.807, 2.05) is 53.0 Å². The molecule has 5 atom stereocenters. The molecule has 2 heterocycles. The lowest BCUT2D eigenvalue weighted by Gasteiger charge is -2.44. The predicted molar refractivity (Wildman–Crippen MR) is 172 cm³/mol. The van der Waals surface area contributed by atoms with Gasteiger partial charge in [-0.2, -0.15) is 0 Å². The van der Waals surface area contributed by atoms with Crippen molar-refractivity contribution < 1.29 is 23.9 Å². The van der Waals surface area contributed by atoms with E-state index in [9.17, 15) is 14.7 Å². The van der Waals surface area contributed by atoms with Gasteiger partial charge in [0.15, 0.2) is 8.32 Å². The predicted octanol–water partition coefficient (Wildman–Crippen LogP) is 8.30. The Hall–Kier alpha value is -1.61. The first-order valence-electron chi connectivity index (χ1n) is 15.1. The zero-order chi connectivity index (χ0) is 31.3. The Balaban J connectivity index is 2.53. The van der Waals surface area contributed by atoms with Crippen molar-refractivity contribution in [2.45, 2.75) is 138 Å². The zero-order valence-electron chi connectivity index (χ0n) is 27.6. The lowest BCUT2D eigenvalue weighted by molar-refractivity contribution is -0.153. The largest absolute Gasteiger partial charge is 0.457 e. The molecule has 1 aliphatic rings. The molecule has 0 aliphatic carbocycles. The van der Waals surface area contributed by atoms with Gasteiger partial charge in [0.25, 0.3) is 0 Å². The van der Waals surface area contributed by atoms with Gasteiger partial charge in [0, 0.05) is 23.1 Å². The van der Waals surface area contributed by atoms with Crippen molar-refractivity contribution in [3.05, 3.63) is 33.3 Å². The zero-order valence-corrected chi connectivity index (χ0v) is 29.4. The first kappa shape index (κ1) is 35.6. The van der Waals surface area contributed by atoms with E-state index in [4.69, 9.17) is 9.16 Å². The van der Waals surface area contributed by atoms with Gasteiger partial charge < -0.3 is 14.3 Å². The monoisotopic (exact) mass is 605 g/mol. The van der Waals surface area contributed by atoms with E-state index in [0.29, 0.717) is 6.42 Å². The number of carbonyl (C=O) groups excluding carboxylic acids is 2. The van der Waals surface area contributed by atoms with E-state index in [1.54, 1.807) is 11.3 Å². The van der Waals surface area contributed by atoms with E-state index in [2.05, 4.69) is 51.8 Å². The summed E-state index contributed by atoms with van der Waals surface area (Å²) in [5, 5.41) is 14.1. The molecule has 0 spiro atoms. The lowest BCUT2D eigenvalue weighted by Crippen LogP contribution is -2.52. The fourth-order valence-corrected chi connectivity index (χ4v) is 7.12. The molecule has 0 aromatic carbocycles. The highest BCUT2D eigenvalue weighted by molar-refractivity contribution is 7.09. The fraction of sp³-hybridized carbons (Fsp3) is 0.727. The van der Waals surface area contributed by atoms with Crippen molar-refractivity contribution in [1.82, 2.24) is 4.98 Å². The van der Waals surface area contributed by atoms with Crippen LogP contribution in [-0.4, -0.2) is 48.5 Å². The first-order valence-corrected chi connectivity index (χ1v) is 18.9. The van der Waals surface area contributed by atoms with Gasteiger partial charge in [0.1, 0.15) is 11.9 Å². The highest BCUT2D eigenvalue weighted by Gasteiger charge is 2.48. The van der Waals surface area contributed by atoms with Gasteiger partial charge in [-0.3, -0.25) is 9.59 Å². The third-order valence-electron chi connectivity index (χ3n) is 9.25. The van der Waals surface area contributed by atoms with Crippen LogP contribution in [0, 0.1) is 24.2 Å². The van der Waals surface area contributed by atoms with Crippen molar-refractivity contribution in [2.75, 3.05) is 0 Å². The van der Waals surface area contributed by atoms with Gasteiger partial charge in [-0.05, 0) is 75.7 Å². The Morgan fingerprint density at radius 1 is 1.22 bits per heavy atom. The minimum atomic E-state index is -2.36. The number of ketones is 1. The van der Waals surface area contributed by atoms with Crippen molar-refractivity contribution in [3.63, 3.8) is 0 Å². The normalized spacial score (nSPS) is 28.3. The number of hydrogen-bond donors (Lipinski definition) is 1. The Kier molecular flexibility index (Phi) is 12.4. The van der Waals surface area contributed by atoms with Crippen molar-refractivity contribution in [1.29, 1.82) is 0 Å². The van der Waals surface area contributed by atoms with Crippen LogP contribution in [-0.2, 0) is 18.8 Å². The second-order valence-corrected chi connectivity index (χ2v) is 20.1. The van der Waals surface area contributed by atoms with Crippen molar-refractivity contribution in [3.8, 4) is 0 Å². The quantitative estimate of drug-likeness (QED) is 0.211. The number of nitrogens with zero attached hydrogens (tertiary/aromatic N) is 1. The maximum absolute atomic E-state index is 14.0. The molecule has 0 saturated heterocycles. The summed E-state index contributed by atoms with van der Waals surface area (Å²) in [7, 11) is -2.36. The minimum Gasteiger partial charge on any atom is -0.457 e. The van der Waals surface area contributed by atoms with E-state index < -0.39 is 38.0 Å². The number of rotatable bonds is 4. The molecule has 232 valence electrons. The van der Waals surface area contributed by atoms with Crippen molar-refractivity contribution in [2.24, 2.45) is 17.3 Å². The van der Waals surface area contributed by atoms with E-state index in [0.717, 1.165) is 35.5 Å². The van der Waals surface area contributed by atoms with Crippen molar-refractivity contribution >= 4 is 37.5 Å². The number of aryl methyl sites for hydroxylation is 1. The topological polar surface area (TPSA) is 85.7 Å². The highest BCUT2D eigenvalue weighted by atomic mass is 32.1. The van der Waals surface area contributed by atoms with Crippen LogP contribution in [0.5, 0.6) is 0 Å². The number of thiazole rings is 1. The third kappa shape index (κ3) is 9.70. The van der Waals surface area contributed by atoms with Crippen LogP contribution in [0.1, 0.15) is 105 Å². The number of aromatic nitrogens is 1. The van der Waals surface area contributed by atoms with E-state index >= 15 is 0 Å². The van der Waals surface area contributed by atoms with Gasteiger partial charge in [-0.15, -0.1) is 11.3 Å². The summed E-state index contributed by atoms with van der Waals surface area (Å²) in [5.74, 6) is -1.06. The summed E-state index contributed by atoms with van der Waals surface area (Å²) in [6.07, 6.45) is 5.44. The number of aliphatic hydroxyl groups is 1. The fourth-order valence-electron chi connectivity index (χ4n) is 5.11. The minimum absolute atomic E-state index is 0.0188. The lowest BCUT2D eigenvalue weighted by atomic mass is 9.73. The second kappa shape index (κ2) is 14.2. The molecule has 0 amide bonds. The number of carbonyl (C=O) groups is 2. The molecule has 0 fully saturated rings. The molecule has 0 radical (unpaired) electrons. The highest BCUT2D eigenvalue weighted by Crippen LogP contribution is 2.42. The summed E-state index contributed by atoms with van der Waals surface area (Å²) in [5.41, 5.74) is 2.01. The summed E-state index contributed by atoms with van der Waals surface area (Å²) in [6, 6.07) is 0. The Morgan fingerprint density at radius 2 is 1.85 bits per heavy atom. The van der Waals surface area contributed by atoms with Gasteiger partial charge >= 0.3 is 5.97 Å². The number of ether oxygens (including phenoxy) is 1. The maximum Gasteiger partial charge on any atom is 0.309 e. The van der Waals surface area contributed by atoms with Gasteiger partial charge in [0.05, 0.1) is 29.3 Å². The number of esters is 1. The van der Waals surface area contributed by atoms with Gasteiger partial charge in [-0.1, -0.05) is 60.1 Å². The van der Waals surface area contributed by atoms with E-state index in [-0.39, 0.29) is 29.1 Å². The molecule has 1 aromatic rings. The molecule has 1 aliphatic heterocycles. The Bertz CT molecular complexity index is 1110. The average Bonchev–Trinajstić information content (AvgIpc) is 3.27. The van der Waals surface area contributed by atoms with Crippen LogP contribution in [0.4, 0.5) is 0 Å². The van der Waals surface area contributed by atoms with Crippen LogP contribution < -0.4 is 0 Å². The molecule has 0 saturated carbocycles. The van der Waals surface area contributed by atoms with Crippen LogP contribution in [0.2, 0.25) is 18.1 Å². The summed E-state index contributed by atoms with van der Waals surface area (Å²) >= 11 is 1.59. The summed E-state index contributed by atoms with van der Waals surface area (Å²) < 4.78 is 13.0. The molecule has 5 unspecified atom stereocenters. The molecule has 1 aromatic heterocycles. The average molecular weight is 606 g/mol. The molecule has 2 rings (SSSR count). The number of cyclic esters (lactones) is 1. The van der Waals surface area contributed by atoms with Crippen LogP contribution in [0.15, 0.2) is 22.6 Å². The standard InChI is InChI=1S/C33H55NO5SSi/c1-21-14-13-15-22(2)30(36)24(4)31(37)33(9,10)28(39-41(11,12)32(6,7)8)19-29(35)38-27(17-16-21)23(3)18-26-20-40-25(5)34-26/h16,18,20,22,24,27-28,30,36H,13-15,17,19H2,1-12H3. The smallest absolute Gasteiger partial charge is 0.309 e. The second-order valence-electron chi connectivity index (χ2n) is 14.3. The number of allylic oxidation sites excluding steroid dienone is 1. The number of Topliss-reactive ketones (excluding diaryl/α,β-unsaturated/α-hetero) is 1. The van der Waals surface area contributed by atoms with Crippen LogP contribution in [0.3, 0.4) is 0 Å². The van der Waals surface area contributed by atoms with Gasteiger partial charge in [-0.25, -0.2) is 4.98 Å². The third-order valence-corrected chi connectivity index (χ3v) is 14.5. The maximum atomic E-state index is 14.0. The van der Waals surface area contributed by atoms with E-state index in [1.165, 1.54) is 5.57 Å². The summed E-state index contributed by atoms with van der Waals surface area (Å²) in [4.78, 5) is 32.2. The van der Waals surface area contributed by atoms with Gasteiger partial charge in [0.2, 0.25) is 0 Å². The number of hydrogen-bond acceptors (Lipinski definition) is 7. The Morgan fingerprint density at radius 3 is 2.41 bits per heavy atom. The molecule has 0 bridgehead atoms.